The van der Waals surface area contributed by atoms with E-state index in [-0.39, 0.29) is 0 Å². The lowest BCUT2D eigenvalue weighted by Gasteiger charge is -2.09. The van der Waals surface area contributed by atoms with Crippen LogP contribution in [0.25, 0.3) is 11.1 Å². The Bertz CT molecular complexity index is 518. The van der Waals surface area contributed by atoms with Crippen molar-refractivity contribution >= 4 is 0 Å². The normalized spacial score (nSPS) is 10.5. The number of aryl methyl sites for hydroxylation is 1. The summed E-state index contributed by atoms with van der Waals surface area (Å²) < 4.78 is 26.9. The van der Waals surface area contributed by atoms with Crippen molar-refractivity contribution in [3.8, 4) is 11.1 Å². The van der Waals surface area contributed by atoms with E-state index in [1.807, 2.05) is 24.3 Å². The van der Waals surface area contributed by atoms with Crippen LogP contribution in [0.3, 0.4) is 0 Å². The number of benzene rings is 2. The van der Waals surface area contributed by atoms with E-state index < -0.39 is 11.6 Å². The molecule has 0 atom stereocenters. The van der Waals surface area contributed by atoms with Crippen LogP contribution in [-0.2, 0) is 6.42 Å². The third-order valence-electron chi connectivity index (χ3n) is 2.78. The molecule has 0 spiro atoms. The van der Waals surface area contributed by atoms with Crippen molar-refractivity contribution in [1.82, 2.24) is 0 Å². The SMILES string of the molecule is CCCc1ccccc1-c1cccc(F)c1F. The minimum Gasteiger partial charge on any atom is -0.204 e. The number of hydrogen-bond acceptors (Lipinski definition) is 0. The van der Waals surface area contributed by atoms with Crippen LogP contribution in [0.15, 0.2) is 42.5 Å². The molecule has 88 valence electrons. The van der Waals surface area contributed by atoms with Gasteiger partial charge in [-0.3, -0.25) is 0 Å². The van der Waals surface area contributed by atoms with Gasteiger partial charge in [-0.15, -0.1) is 0 Å². The quantitative estimate of drug-likeness (QED) is 0.726. The fourth-order valence-electron chi connectivity index (χ4n) is 1.98. The highest BCUT2D eigenvalue weighted by Gasteiger charge is 2.11. The van der Waals surface area contributed by atoms with E-state index in [0.29, 0.717) is 5.56 Å². The van der Waals surface area contributed by atoms with Crippen molar-refractivity contribution < 1.29 is 8.78 Å². The summed E-state index contributed by atoms with van der Waals surface area (Å²) in [6, 6.07) is 11.9. The summed E-state index contributed by atoms with van der Waals surface area (Å²) in [5.41, 5.74) is 2.18. The maximum atomic E-state index is 13.7. The average Bonchev–Trinajstić information content (AvgIpc) is 2.34. The third-order valence-corrected chi connectivity index (χ3v) is 2.78. The summed E-state index contributed by atoms with van der Waals surface area (Å²) in [4.78, 5) is 0. The van der Waals surface area contributed by atoms with Gasteiger partial charge in [0.1, 0.15) is 0 Å². The minimum absolute atomic E-state index is 0.342. The lowest BCUT2D eigenvalue weighted by atomic mass is 9.96. The summed E-state index contributed by atoms with van der Waals surface area (Å²) in [5.74, 6) is -1.56. The van der Waals surface area contributed by atoms with Gasteiger partial charge in [0.15, 0.2) is 11.6 Å². The zero-order valence-corrected chi connectivity index (χ0v) is 9.71. The van der Waals surface area contributed by atoms with Gasteiger partial charge in [-0.05, 0) is 23.6 Å². The van der Waals surface area contributed by atoms with Gasteiger partial charge >= 0.3 is 0 Å². The Balaban J connectivity index is 2.56. The minimum atomic E-state index is -0.797. The standard InChI is InChI=1S/C15H14F2/c1-2-6-11-7-3-4-8-12(11)13-9-5-10-14(16)15(13)17/h3-5,7-10H,2,6H2,1H3. The highest BCUT2D eigenvalue weighted by atomic mass is 19.2. The maximum absolute atomic E-state index is 13.7. The van der Waals surface area contributed by atoms with E-state index in [2.05, 4.69) is 6.92 Å². The Morgan fingerprint density at radius 1 is 0.882 bits per heavy atom. The highest BCUT2D eigenvalue weighted by molar-refractivity contribution is 5.68. The van der Waals surface area contributed by atoms with E-state index >= 15 is 0 Å². The topological polar surface area (TPSA) is 0 Å². The molecule has 0 fully saturated rings. The first-order valence-electron chi connectivity index (χ1n) is 5.76. The predicted molar refractivity (Wildman–Crippen MR) is 65.8 cm³/mol. The zero-order valence-electron chi connectivity index (χ0n) is 9.71. The van der Waals surface area contributed by atoms with Gasteiger partial charge in [0, 0.05) is 5.56 Å². The largest absolute Gasteiger partial charge is 0.204 e. The smallest absolute Gasteiger partial charge is 0.166 e. The summed E-state index contributed by atoms with van der Waals surface area (Å²) in [6.07, 6.45) is 1.85. The first kappa shape index (κ1) is 11.8. The van der Waals surface area contributed by atoms with Gasteiger partial charge in [0.05, 0.1) is 0 Å². The molecule has 0 N–H and O–H groups in total. The molecule has 17 heavy (non-hydrogen) atoms. The molecule has 2 aromatic carbocycles. The first-order chi connectivity index (χ1) is 8.24. The monoisotopic (exact) mass is 232 g/mol. The molecule has 0 aromatic heterocycles. The predicted octanol–water partition coefficient (Wildman–Crippen LogP) is 4.58. The molecule has 2 rings (SSSR count). The average molecular weight is 232 g/mol. The van der Waals surface area contributed by atoms with Crippen LogP contribution >= 0.6 is 0 Å². The maximum Gasteiger partial charge on any atom is 0.166 e. The van der Waals surface area contributed by atoms with E-state index in [1.165, 1.54) is 6.07 Å². The van der Waals surface area contributed by atoms with Gasteiger partial charge < -0.3 is 0 Å². The van der Waals surface area contributed by atoms with E-state index in [4.69, 9.17) is 0 Å². The Labute approximate surface area is 99.9 Å². The van der Waals surface area contributed by atoms with E-state index in [1.54, 1.807) is 6.07 Å². The Kier molecular flexibility index (Phi) is 3.52. The van der Waals surface area contributed by atoms with Gasteiger partial charge in [0.2, 0.25) is 0 Å². The van der Waals surface area contributed by atoms with Crippen LogP contribution in [0.2, 0.25) is 0 Å². The molecule has 2 aromatic rings. The molecule has 0 unspecified atom stereocenters. The lowest BCUT2D eigenvalue weighted by Crippen LogP contribution is -1.93. The molecule has 0 amide bonds. The van der Waals surface area contributed by atoms with Crippen molar-refractivity contribution in [2.45, 2.75) is 19.8 Å². The van der Waals surface area contributed by atoms with Crippen molar-refractivity contribution in [2.75, 3.05) is 0 Å². The molecule has 2 heteroatoms. The fourth-order valence-corrected chi connectivity index (χ4v) is 1.98. The van der Waals surface area contributed by atoms with Crippen molar-refractivity contribution in [2.24, 2.45) is 0 Å². The molecule has 0 aliphatic carbocycles. The van der Waals surface area contributed by atoms with Crippen molar-refractivity contribution in [3.05, 3.63) is 59.7 Å². The molecule has 0 saturated carbocycles. The summed E-state index contributed by atoms with van der Waals surface area (Å²) in [6.45, 7) is 2.07. The molecular formula is C15H14F2. The number of hydrogen-bond donors (Lipinski definition) is 0. The van der Waals surface area contributed by atoms with Crippen LogP contribution < -0.4 is 0 Å². The molecule has 0 nitrogen and oxygen atoms in total. The van der Waals surface area contributed by atoms with Gasteiger partial charge in [-0.25, -0.2) is 8.78 Å². The zero-order chi connectivity index (χ0) is 12.3. The number of halogens is 2. The molecular weight excluding hydrogens is 218 g/mol. The van der Waals surface area contributed by atoms with Crippen LogP contribution in [-0.4, -0.2) is 0 Å². The van der Waals surface area contributed by atoms with Crippen molar-refractivity contribution in [3.63, 3.8) is 0 Å². The Hall–Kier alpha value is -1.70. The molecule has 0 bridgehead atoms. The van der Waals surface area contributed by atoms with Crippen LogP contribution in [0.1, 0.15) is 18.9 Å². The van der Waals surface area contributed by atoms with Crippen LogP contribution in [0, 0.1) is 11.6 Å². The summed E-state index contributed by atoms with van der Waals surface area (Å²) >= 11 is 0. The molecule has 0 aliphatic heterocycles. The van der Waals surface area contributed by atoms with Gasteiger partial charge in [0.25, 0.3) is 0 Å². The fraction of sp³-hybridized carbons (Fsp3) is 0.200. The van der Waals surface area contributed by atoms with E-state index in [0.717, 1.165) is 30.0 Å². The lowest BCUT2D eigenvalue weighted by molar-refractivity contribution is 0.511. The second kappa shape index (κ2) is 5.09. The summed E-state index contributed by atoms with van der Waals surface area (Å²) in [5, 5.41) is 0. The Morgan fingerprint density at radius 3 is 2.35 bits per heavy atom. The van der Waals surface area contributed by atoms with Gasteiger partial charge in [-0.2, -0.15) is 0 Å². The number of rotatable bonds is 3. The van der Waals surface area contributed by atoms with Crippen LogP contribution in [0.4, 0.5) is 8.78 Å². The highest BCUT2D eigenvalue weighted by Crippen LogP contribution is 2.28. The van der Waals surface area contributed by atoms with Gasteiger partial charge in [-0.1, -0.05) is 49.7 Å². The first-order valence-corrected chi connectivity index (χ1v) is 5.76. The third kappa shape index (κ3) is 2.36. The van der Waals surface area contributed by atoms with Crippen molar-refractivity contribution in [1.29, 1.82) is 0 Å². The second-order valence-corrected chi connectivity index (χ2v) is 4.01. The molecule has 0 radical (unpaired) electrons. The molecule has 0 saturated heterocycles. The summed E-state index contributed by atoms with van der Waals surface area (Å²) in [7, 11) is 0. The molecule has 0 aliphatic rings. The van der Waals surface area contributed by atoms with Crippen LogP contribution in [0.5, 0.6) is 0 Å². The molecule has 0 heterocycles. The second-order valence-electron chi connectivity index (χ2n) is 4.01. The van der Waals surface area contributed by atoms with E-state index in [9.17, 15) is 8.78 Å². The Morgan fingerprint density at radius 2 is 1.59 bits per heavy atom.